The summed E-state index contributed by atoms with van der Waals surface area (Å²) in [5.74, 6) is 0.655. The van der Waals surface area contributed by atoms with Crippen LogP contribution in [0.3, 0.4) is 0 Å². The van der Waals surface area contributed by atoms with Crippen molar-refractivity contribution in [3.63, 3.8) is 0 Å². The molecule has 3 N–H and O–H groups in total. The molecule has 2 heteroatoms. The Hall–Kier alpha value is -0.0800. The highest BCUT2D eigenvalue weighted by molar-refractivity contribution is 5.13. The molecule has 3 unspecified atom stereocenters. The fourth-order valence-electron chi connectivity index (χ4n) is 2.92. The van der Waals surface area contributed by atoms with E-state index in [9.17, 15) is 5.11 Å². The molecule has 0 saturated heterocycles. The molecule has 2 fully saturated rings. The van der Waals surface area contributed by atoms with Gasteiger partial charge in [0.25, 0.3) is 0 Å². The quantitative estimate of drug-likeness (QED) is 0.545. The fourth-order valence-corrected chi connectivity index (χ4v) is 2.92. The first-order valence-electron chi connectivity index (χ1n) is 4.45. The molecule has 0 aromatic carbocycles. The zero-order valence-corrected chi connectivity index (χ0v) is 7.30. The number of hydrogen-bond donors (Lipinski definition) is 2. The van der Waals surface area contributed by atoms with Gasteiger partial charge >= 0.3 is 0 Å². The maximum absolute atomic E-state index is 10.0. The molecule has 0 aromatic rings. The zero-order valence-electron chi connectivity index (χ0n) is 7.30. The van der Waals surface area contributed by atoms with Crippen LogP contribution in [0, 0.1) is 11.3 Å². The van der Waals surface area contributed by atoms with Gasteiger partial charge in [0.2, 0.25) is 0 Å². The molecule has 0 amide bonds. The number of hydrogen-bond acceptors (Lipinski definition) is 2. The number of fused-ring (bicyclic) bond motifs is 2. The van der Waals surface area contributed by atoms with Gasteiger partial charge in [-0.05, 0) is 30.6 Å². The smallest absolute Gasteiger partial charge is 0.0806 e. The highest BCUT2D eigenvalue weighted by Crippen LogP contribution is 2.56. The van der Waals surface area contributed by atoms with E-state index in [1.54, 1.807) is 0 Å². The SMILES string of the molecule is CC1(C)C2CCC(O)(C2)C1N. The second kappa shape index (κ2) is 1.80. The van der Waals surface area contributed by atoms with Crippen molar-refractivity contribution in [1.29, 1.82) is 0 Å². The van der Waals surface area contributed by atoms with Crippen molar-refractivity contribution in [3.05, 3.63) is 0 Å². The van der Waals surface area contributed by atoms with Crippen LogP contribution in [0.25, 0.3) is 0 Å². The molecular weight excluding hydrogens is 138 g/mol. The summed E-state index contributed by atoms with van der Waals surface area (Å²) in [6.45, 7) is 4.36. The fraction of sp³-hybridized carbons (Fsp3) is 1.00. The summed E-state index contributed by atoms with van der Waals surface area (Å²) in [6.07, 6.45) is 3.01. The molecule has 64 valence electrons. The van der Waals surface area contributed by atoms with Gasteiger partial charge in [-0.15, -0.1) is 0 Å². The molecule has 0 radical (unpaired) electrons. The van der Waals surface area contributed by atoms with Crippen molar-refractivity contribution in [1.82, 2.24) is 0 Å². The Labute approximate surface area is 67.8 Å². The molecule has 2 rings (SSSR count). The van der Waals surface area contributed by atoms with Crippen LogP contribution in [0.2, 0.25) is 0 Å². The standard InChI is InChI=1S/C9H17NO/c1-8(2)6-3-4-9(11,5-6)7(8)10/h6-7,11H,3-5,10H2,1-2H3. The van der Waals surface area contributed by atoms with Crippen LogP contribution in [0.15, 0.2) is 0 Å². The Balaban J connectivity index is 2.34. The molecule has 2 aliphatic rings. The lowest BCUT2D eigenvalue weighted by Crippen LogP contribution is -2.51. The molecule has 2 aliphatic carbocycles. The minimum atomic E-state index is -0.520. The van der Waals surface area contributed by atoms with Crippen molar-refractivity contribution < 1.29 is 5.11 Å². The van der Waals surface area contributed by atoms with Crippen LogP contribution in [-0.4, -0.2) is 16.7 Å². The van der Waals surface area contributed by atoms with E-state index >= 15 is 0 Å². The number of rotatable bonds is 0. The van der Waals surface area contributed by atoms with E-state index in [-0.39, 0.29) is 11.5 Å². The lowest BCUT2D eigenvalue weighted by molar-refractivity contribution is 0.00450. The third-order valence-corrected chi connectivity index (χ3v) is 3.96. The van der Waals surface area contributed by atoms with Crippen LogP contribution in [0.1, 0.15) is 33.1 Å². The Bertz CT molecular complexity index is 185. The van der Waals surface area contributed by atoms with Crippen molar-refractivity contribution >= 4 is 0 Å². The topological polar surface area (TPSA) is 46.2 Å². The van der Waals surface area contributed by atoms with Crippen molar-refractivity contribution in [2.75, 3.05) is 0 Å². The second-order valence-electron chi connectivity index (χ2n) is 4.84. The van der Waals surface area contributed by atoms with Crippen LogP contribution in [0.4, 0.5) is 0 Å². The van der Waals surface area contributed by atoms with Gasteiger partial charge in [-0.2, -0.15) is 0 Å². The van der Waals surface area contributed by atoms with E-state index in [4.69, 9.17) is 5.73 Å². The van der Waals surface area contributed by atoms with Gasteiger partial charge in [-0.25, -0.2) is 0 Å². The van der Waals surface area contributed by atoms with Gasteiger partial charge in [0.15, 0.2) is 0 Å². The summed E-state index contributed by atoms with van der Waals surface area (Å²) >= 11 is 0. The molecule has 0 spiro atoms. The number of nitrogens with two attached hydrogens (primary N) is 1. The first kappa shape index (κ1) is 7.56. The van der Waals surface area contributed by atoms with E-state index in [0.717, 1.165) is 19.3 Å². The Morgan fingerprint density at radius 3 is 2.36 bits per heavy atom. The zero-order chi connectivity index (χ0) is 8.28. The van der Waals surface area contributed by atoms with Gasteiger partial charge in [0.05, 0.1) is 5.60 Å². The summed E-state index contributed by atoms with van der Waals surface area (Å²) in [5, 5.41) is 10.0. The van der Waals surface area contributed by atoms with Gasteiger partial charge in [-0.1, -0.05) is 13.8 Å². The van der Waals surface area contributed by atoms with Gasteiger partial charge in [0, 0.05) is 6.04 Å². The van der Waals surface area contributed by atoms with E-state index in [2.05, 4.69) is 13.8 Å². The molecule has 11 heavy (non-hydrogen) atoms. The van der Waals surface area contributed by atoms with Gasteiger partial charge in [0.1, 0.15) is 0 Å². The highest BCUT2D eigenvalue weighted by Gasteiger charge is 2.59. The first-order chi connectivity index (χ1) is 4.97. The van der Waals surface area contributed by atoms with Crippen LogP contribution in [0.5, 0.6) is 0 Å². The van der Waals surface area contributed by atoms with E-state index in [1.165, 1.54) is 0 Å². The summed E-state index contributed by atoms with van der Waals surface area (Å²) < 4.78 is 0. The van der Waals surface area contributed by atoms with Crippen molar-refractivity contribution in [2.24, 2.45) is 17.1 Å². The second-order valence-corrected chi connectivity index (χ2v) is 4.84. The average Bonchev–Trinajstić information content (AvgIpc) is 2.36. The van der Waals surface area contributed by atoms with E-state index in [1.807, 2.05) is 0 Å². The van der Waals surface area contributed by atoms with E-state index in [0.29, 0.717) is 5.92 Å². The van der Waals surface area contributed by atoms with Gasteiger partial charge < -0.3 is 10.8 Å². The first-order valence-corrected chi connectivity index (χ1v) is 4.45. The third-order valence-electron chi connectivity index (χ3n) is 3.96. The lowest BCUT2D eigenvalue weighted by atomic mass is 9.72. The predicted octanol–water partition coefficient (Wildman–Crippen LogP) is 0.885. The lowest BCUT2D eigenvalue weighted by Gasteiger charge is -2.38. The Morgan fingerprint density at radius 2 is 2.09 bits per heavy atom. The summed E-state index contributed by atoms with van der Waals surface area (Å²) in [7, 11) is 0. The molecule has 3 atom stereocenters. The summed E-state index contributed by atoms with van der Waals surface area (Å²) in [4.78, 5) is 0. The van der Waals surface area contributed by atoms with Gasteiger partial charge in [-0.3, -0.25) is 0 Å². The molecule has 0 aliphatic heterocycles. The maximum atomic E-state index is 10.0. The Morgan fingerprint density at radius 1 is 1.45 bits per heavy atom. The number of aliphatic hydroxyl groups is 1. The molecular formula is C9H17NO. The maximum Gasteiger partial charge on any atom is 0.0806 e. The average molecular weight is 155 g/mol. The largest absolute Gasteiger partial charge is 0.388 e. The summed E-state index contributed by atoms with van der Waals surface area (Å²) in [5.41, 5.74) is 5.62. The van der Waals surface area contributed by atoms with Crippen LogP contribution < -0.4 is 5.73 Å². The Kier molecular flexibility index (Phi) is 1.24. The predicted molar refractivity (Wildman–Crippen MR) is 44.0 cm³/mol. The minimum Gasteiger partial charge on any atom is -0.388 e. The minimum absolute atomic E-state index is 0.00579. The third kappa shape index (κ3) is 0.744. The van der Waals surface area contributed by atoms with Crippen LogP contribution in [-0.2, 0) is 0 Å². The molecule has 2 saturated carbocycles. The van der Waals surface area contributed by atoms with Crippen LogP contribution >= 0.6 is 0 Å². The molecule has 2 nitrogen and oxygen atoms in total. The normalized spacial score (nSPS) is 53.5. The molecule has 2 bridgehead atoms. The molecule has 0 heterocycles. The monoisotopic (exact) mass is 155 g/mol. The van der Waals surface area contributed by atoms with Crippen molar-refractivity contribution in [2.45, 2.75) is 44.8 Å². The molecule has 0 aromatic heterocycles. The highest BCUT2D eigenvalue weighted by atomic mass is 16.3. The van der Waals surface area contributed by atoms with E-state index < -0.39 is 5.60 Å². The van der Waals surface area contributed by atoms with Crippen molar-refractivity contribution in [3.8, 4) is 0 Å². The summed E-state index contributed by atoms with van der Waals surface area (Å²) in [6, 6.07) is -0.00579.